The molecule has 7 heteroatoms. The van der Waals surface area contributed by atoms with E-state index in [-0.39, 0.29) is 5.91 Å². The Morgan fingerprint density at radius 1 is 1.12 bits per heavy atom. The number of nitrogens with zero attached hydrogens (tertiary/aromatic N) is 3. The second kappa shape index (κ2) is 9.62. The van der Waals surface area contributed by atoms with Crippen LogP contribution >= 0.6 is 11.3 Å². The summed E-state index contributed by atoms with van der Waals surface area (Å²) in [5, 5.41) is 10.5. The quantitative estimate of drug-likeness (QED) is 0.383. The van der Waals surface area contributed by atoms with Crippen molar-refractivity contribution in [2.45, 2.75) is 27.4 Å². The first-order valence-corrected chi connectivity index (χ1v) is 11.1. The Bertz CT molecular complexity index is 1260. The summed E-state index contributed by atoms with van der Waals surface area (Å²) in [6, 6.07) is 17.5. The first-order valence-electron chi connectivity index (χ1n) is 10.2. The number of anilines is 1. The van der Waals surface area contributed by atoms with Crippen LogP contribution in [0.4, 0.5) is 5.69 Å². The fourth-order valence-corrected chi connectivity index (χ4v) is 3.92. The third-order valence-corrected chi connectivity index (χ3v) is 5.70. The van der Waals surface area contributed by atoms with Gasteiger partial charge in [-0.2, -0.15) is 5.10 Å². The summed E-state index contributed by atoms with van der Waals surface area (Å²) in [6.07, 6.45) is 3.28. The lowest BCUT2D eigenvalue weighted by Gasteiger charge is -2.06. The Hall–Kier alpha value is -3.71. The molecule has 6 nitrogen and oxygen atoms in total. The largest absolute Gasteiger partial charge is 0.487 e. The maximum absolute atomic E-state index is 12.6. The molecule has 0 aliphatic rings. The molecule has 0 spiro atoms. The molecule has 2 heterocycles. The van der Waals surface area contributed by atoms with Gasteiger partial charge in [0.15, 0.2) is 0 Å². The minimum atomic E-state index is -0.215. The highest BCUT2D eigenvalue weighted by Crippen LogP contribution is 2.23. The zero-order chi connectivity index (χ0) is 22.5. The maximum atomic E-state index is 12.6. The number of hydrogen-bond acceptors (Lipinski definition) is 5. The molecule has 32 heavy (non-hydrogen) atoms. The van der Waals surface area contributed by atoms with E-state index in [4.69, 9.17) is 4.74 Å². The van der Waals surface area contributed by atoms with E-state index in [9.17, 15) is 4.79 Å². The molecule has 0 saturated carbocycles. The fourth-order valence-electron chi connectivity index (χ4n) is 3.32. The molecule has 2 aromatic heterocycles. The standard InChI is InChI=1S/C25H24N4O2S/c1-17-25(18(2)29(28-17)22-9-5-4-6-10-22)27-24(30)13-12-20-8-7-11-23(14-20)31-15-21-16-32-19(3)26-21/h4-14,16H,15H2,1-3H3,(H,27,30)/b13-12+. The molecular weight excluding hydrogens is 420 g/mol. The van der Waals surface area contributed by atoms with Crippen molar-refractivity contribution in [2.24, 2.45) is 0 Å². The van der Waals surface area contributed by atoms with Crippen molar-refractivity contribution in [1.29, 1.82) is 0 Å². The highest BCUT2D eigenvalue weighted by molar-refractivity contribution is 7.09. The zero-order valence-corrected chi connectivity index (χ0v) is 19.0. The van der Waals surface area contributed by atoms with Crippen molar-refractivity contribution in [3.05, 3.63) is 93.7 Å². The van der Waals surface area contributed by atoms with Gasteiger partial charge in [0, 0.05) is 11.5 Å². The second-order valence-corrected chi connectivity index (χ2v) is 8.40. The average Bonchev–Trinajstić information content (AvgIpc) is 3.35. The molecule has 0 aliphatic heterocycles. The normalized spacial score (nSPS) is 11.1. The lowest BCUT2D eigenvalue weighted by atomic mass is 10.2. The molecule has 1 N–H and O–H groups in total. The van der Waals surface area contributed by atoms with Crippen LogP contribution in [0.1, 0.15) is 27.7 Å². The van der Waals surface area contributed by atoms with Crippen LogP contribution < -0.4 is 10.1 Å². The number of amides is 1. The number of benzene rings is 2. The van der Waals surface area contributed by atoms with Gasteiger partial charge >= 0.3 is 0 Å². The van der Waals surface area contributed by atoms with E-state index in [2.05, 4.69) is 15.4 Å². The van der Waals surface area contributed by atoms with Crippen LogP contribution in [-0.2, 0) is 11.4 Å². The maximum Gasteiger partial charge on any atom is 0.248 e. The van der Waals surface area contributed by atoms with Crippen molar-refractivity contribution in [1.82, 2.24) is 14.8 Å². The number of aromatic nitrogens is 3. The van der Waals surface area contributed by atoms with Gasteiger partial charge < -0.3 is 10.1 Å². The topological polar surface area (TPSA) is 69.0 Å². The summed E-state index contributed by atoms with van der Waals surface area (Å²) < 4.78 is 7.66. The van der Waals surface area contributed by atoms with Crippen LogP contribution in [0.3, 0.4) is 0 Å². The molecule has 2 aromatic carbocycles. The van der Waals surface area contributed by atoms with Crippen LogP contribution in [0, 0.1) is 20.8 Å². The fraction of sp³-hybridized carbons (Fsp3) is 0.160. The number of thiazole rings is 1. The SMILES string of the molecule is Cc1nc(COc2cccc(/C=C/C(=O)Nc3c(C)nn(-c4ccccc4)c3C)c2)cs1. The van der Waals surface area contributed by atoms with Crippen LogP contribution in [0.2, 0.25) is 0 Å². The van der Waals surface area contributed by atoms with Crippen molar-refractivity contribution in [3.8, 4) is 11.4 Å². The minimum Gasteiger partial charge on any atom is -0.487 e. The van der Waals surface area contributed by atoms with E-state index in [0.29, 0.717) is 6.61 Å². The third kappa shape index (κ3) is 5.12. The number of nitrogens with one attached hydrogen (secondary N) is 1. The van der Waals surface area contributed by atoms with Gasteiger partial charge in [-0.05, 0) is 56.7 Å². The number of carbonyl (C=O) groups excluding carboxylic acids is 1. The van der Waals surface area contributed by atoms with Gasteiger partial charge in [0.2, 0.25) is 5.91 Å². The first-order chi connectivity index (χ1) is 15.5. The van der Waals surface area contributed by atoms with Gasteiger partial charge in [-0.1, -0.05) is 30.3 Å². The zero-order valence-electron chi connectivity index (χ0n) is 18.2. The van der Waals surface area contributed by atoms with E-state index in [1.165, 1.54) is 6.08 Å². The van der Waals surface area contributed by atoms with Gasteiger partial charge in [-0.15, -0.1) is 11.3 Å². The number of carbonyl (C=O) groups is 1. The van der Waals surface area contributed by atoms with E-state index in [0.717, 1.165) is 44.8 Å². The number of aryl methyl sites for hydroxylation is 2. The molecule has 4 aromatic rings. The lowest BCUT2D eigenvalue weighted by molar-refractivity contribution is -0.111. The van der Waals surface area contributed by atoms with Crippen LogP contribution in [0.15, 0.2) is 66.1 Å². The summed E-state index contributed by atoms with van der Waals surface area (Å²) in [7, 11) is 0. The van der Waals surface area contributed by atoms with Crippen LogP contribution in [0.25, 0.3) is 11.8 Å². The predicted molar refractivity (Wildman–Crippen MR) is 128 cm³/mol. The summed E-state index contributed by atoms with van der Waals surface area (Å²) in [5.74, 6) is 0.516. The number of para-hydroxylation sites is 1. The second-order valence-electron chi connectivity index (χ2n) is 7.33. The lowest BCUT2D eigenvalue weighted by Crippen LogP contribution is -2.09. The highest BCUT2D eigenvalue weighted by Gasteiger charge is 2.14. The van der Waals surface area contributed by atoms with Crippen molar-refractivity contribution < 1.29 is 9.53 Å². The average molecular weight is 445 g/mol. The highest BCUT2D eigenvalue weighted by atomic mass is 32.1. The summed E-state index contributed by atoms with van der Waals surface area (Å²) >= 11 is 1.60. The number of ether oxygens (including phenoxy) is 1. The van der Waals surface area contributed by atoms with Gasteiger partial charge in [0.05, 0.1) is 33.5 Å². The molecule has 0 aliphatic carbocycles. The summed E-state index contributed by atoms with van der Waals surface area (Å²) in [6.45, 7) is 6.22. The van der Waals surface area contributed by atoms with Crippen LogP contribution in [0.5, 0.6) is 5.75 Å². The third-order valence-electron chi connectivity index (χ3n) is 4.88. The Balaban J connectivity index is 1.41. The van der Waals surface area contributed by atoms with E-state index in [1.807, 2.05) is 85.4 Å². The van der Waals surface area contributed by atoms with E-state index < -0.39 is 0 Å². The Labute approximate surface area is 191 Å². The molecule has 162 valence electrons. The van der Waals surface area contributed by atoms with Crippen molar-refractivity contribution >= 4 is 29.0 Å². The predicted octanol–water partition coefficient (Wildman–Crippen LogP) is 5.48. The number of hydrogen-bond donors (Lipinski definition) is 1. The Morgan fingerprint density at radius 2 is 1.94 bits per heavy atom. The molecule has 4 rings (SSSR count). The van der Waals surface area contributed by atoms with Crippen LogP contribution in [-0.4, -0.2) is 20.7 Å². The van der Waals surface area contributed by atoms with Crippen molar-refractivity contribution in [2.75, 3.05) is 5.32 Å². The molecule has 0 saturated heterocycles. The van der Waals surface area contributed by atoms with Crippen molar-refractivity contribution in [3.63, 3.8) is 0 Å². The molecule has 0 bridgehead atoms. The first kappa shape index (κ1) is 21.5. The number of rotatable bonds is 7. The minimum absolute atomic E-state index is 0.215. The Kier molecular flexibility index (Phi) is 6.47. The smallest absolute Gasteiger partial charge is 0.248 e. The monoisotopic (exact) mass is 444 g/mol. The molecule has 0 atom stereocenters. The molecule has 0 unspecified atom stereocenters. The molecular formula is C25H24N4O2S. The summed E-state index contributed by atoms with van der Waals surface area (Å²) in [5.41, 5.74) is 5.10. The molecule has 1 amide bonds. The van der Waals surface area contributed by atoms with Gasteiger partial charge in [-0.3, -0.25) is 4.79 Å². The van der Waals surface area contributed by atoms with Gasteiger partial charge in [0.25, 0.3) is 0 Å². The van der Waals surface area contributed by atoms with E-state index >= 15 is 0 Å². The molecule has 0 radical (unpaired) electrons. The van der Waals surface area contributed by atoms with Gasteiger partial charge in [0.1, 0.15) is 12.4 Å². The van der Waals surface area contributed by atoms with E-state index in [1.54, 1.807) is 17.4 Å². The summed E-state index contributed by atoms with van der Waals surface area (Å²) in [4.78, 5) is 17.0. The Morgan fingerprint density at radius 3 is 2.69 bits per heavy atom. The molecule has 0 fully saturated rings. The van der Waals surface area contributed by atoms with Gasteiger partial charge in [-0.25, -0.2) is 9.67 Å².